The number of anilines is 1. The topological polar surface area (TPSA) is 54.9 Å². The van der Waals surface area contributed by atoms with Crippen LogP contribution in [0.3, 0.4) is 0 Å². The van der Waals surface area contributed by atoms with Gasteiger partial charge in [0.05, 0.1) is 11.3 Å². The number of hydrogen-bond donors (Lipinski definition) is 1. The van der Waals surface area contributed by atoms with E-state index in [1.807, 2.05) is 67.6 Å². The van der Waals surface area contributed by atoms with Gasteiger partial charge in [0.25, 0.3) is 5.91 Å². The summed E-state index contributed by atoms with van der Waals surface area (Å²) in [5, 5.41) is 2.85. The van der Waals surface area contributed by atoms with Crippen LogP contribution in [0.15, 0.2) is 66.9 Å². The first-order valence-corrected chi connectivity index (χ1v) is 7.45. The van der Waals surface area contributed by atoms with Crippen molar-refractivity contribution in [2.75, 3.05) is 5.32 Å². The van der Waals surface area contributed by atoms with Gasteiger partial charge in [0.1, 0.15) is 5.82 Å². The highest BCUT2D eigenvalue weighted by Crippen LogP contribution is 2.12. The lowest BCUT2D eigenvalue weighted by Gasteiger charge is -2.08. The molecular formula is C19H17N3O. The highest BCUT2D eigenvalue weighted by Gasteiger charge is 2.12. The average molecular weight is 303 g/mol. The van der Waals surface area contributed by atoms with Crippen molar-refractivity contribution in [2.45, 2.75) is 13.3 Å². The van der Waals surface area contributed by atoms with Gasteiger partial charge in [-0.05, 0) is 24.6 Å². The van der Waals surface area contributed by atoms with E-state index in [0.29, 0.717) is 23.5 Å². The first-order chi connectivity index (χ1) is 11.2. The number of aryl methyl sites for hydroxylation is 1. The Bertz CT molecular complexity index is 801. The van der Waals surface area contributed by atoms with Crippen molar-refractivity contribution < 1.29 is 4.79 Å². The quantitative estimate of drug-likeness (QED) is 0.800. The Morgan fingerprint density at radius 2 is 1.65 bits per heavy atom. The van der Waals surface area contributed by atoms with Crippen LogP contribution in [-0.4, -0.2) is 15.9 Å². The van der Waals surface area contributed by atoms with E-state index in [0.717, 1.165) is 11.3 Å². The van der Waals surface area contributed by atoms with Crippen LogP contribution in [0, 0.1) is 6.92 Å². The molecule has 0 saturated heterocycles. The molecule has 1 heterocycles. The molecule has 0 aliphatic heterocycles. The van der Waals surface area contributed by atoms with E-state index in [2.05, 4.69) is 15.3 Å². The Balaban J connectivity index is 1.75. The second-order valence-corrected chi connectivity index (χ2v) is 5.27. The van der Waals surface area contributed by atoms with Gasteiger partial charge in [-0.15, -0.1) is 0 Å². The van der Waals surface area contributed by atoms with Gasteiger partial charge in [-0.1, -0.05) is 48.5 Å². The number of hydrogen-bond acceptors (Lipinski definition) is 3. The van der Waals surface area contributed by atoms with E-state index in [-0.39, 0.29) is 5.91 Å². The molecule has 0 fully saturated rings. The van der Waals surface area contributed by atoms with E-state index in [1.165, 1.54) is 0 Å². The Morgan fingerprint density at radius 1 is 1.00 bits per heavy atom. The summed E-state index contributed by atoms with van der Waals surface area (Å²) in [5.74, 6) is 0.518. The molecule has 0 radical (unpaired) electrons. The van der Waals surface area contributed by atoms with Crippen molar-refractivity contribution in [3.63, 3.8) is 0 Å². The molecule has 0 bridgehead atoms. The molecule has 0 unspecified atom stereocenters. The molecule has 4 nitrogen and oxygen atoms in total. The number of nitrogens with one attached hydrogen (secondary N) is 1. The van der Waals surface area contributed by atoms with Crippen LogP contribution in [0.4, 0.5) is 5.69 Å². The van der Waals surface area contributed by atoms with Crippen LogP contribution in [0.2, 0.25) is 0 Å². The van der Waals surface area contributed by atoms with Gasteiger partial charge < -0.3 is 5.32 Å². The van der Waals surface area contributed by atoms with E-state index < -0.39 is 0 Å². The zero-order chi connectivity index (χ0) is 16.1. The lowest BCUT2D eigenvalue weighted by atomic mass is 10.1. The second kappa shape index (κ2) is 6.83. The fourth-order valence-electron chi connectivity index (χ4n) is 2.32. The predicted molar refractivity (Wildman–Crippen MR) is 90.4 cm³/mol. The summed E-state index contributed by atoms with van der Waals surface area (Å²) in [7, 11) is 0. The van der Waals surface area contributed by atoms with Crippen molar-refractivity contribution in [1.29, 1.82) is 0 Å². The van der Waals surface area contributed by atoms with Crippen molar-refractivity contribution in [3.05, 3.63) is 89.5 Å². The number of carbonyl (C=O) groups is 1. The van der Waals surface area contributed by atoms with E-state index in [4.69, 9.17) is 0 Å². The summed E-state index contributed by atoms with van der Waals surface area (Å²) in [6.07, 6.45) is 2.25. The Hall–Kier alpha value is -3.01. The first-order valence-electron chi connectivity index (χ1n) is 7.45. The van der Waals surface area contributed by atoms with Crippen molar-refractivity contribution in [1.82, 2.24) is 9.97 Å². The summed E-state index contributed by atoms with van der Waals surface area (Å²) in [6.45, 7) is 1.83. The zero-order valence-corrected chi connectivity index (χ0v) is 12.9. The molecule has 1 N–H and O–H groups in total. The Kier molecular flexibility index (Phi) is 4.43. The number of rotatable bonds is 4. The maximum absolute atomic E-state index is 12.3. The molecule has 0 saturated carbocycles. The highest BCUT2D eigenvalue weighted by molar-refractivity contribution is 6.04. The van der Waals surface area contributed by atoms with Crippen LogP contribution in [0.25, 0.3) is 0 Å². The van der Waals surface area contributed by atoms with Crippen LogP contribution in [0.5, 0.6) is 0 Å². The van der Waals surface area contributed by atoms with Gasteiger partial charge in [0.15, 0.2) is 0 Å². The lowest BCUT2D eigenvalue weighted by Crippen LogP contribution is -2.15. The molecule has 3 rings (SSSR count). The molecule has 23 heavy (non-hydrogen) atoms. The van der Waals surface area contributed by atoms with E-state index in [9.17, 15) is 4.79 Å². The molecule has 0 spiro atoms. The highest BCUT2D eigenvalue weighted by atomic mass is 16.1. The number of para-hydroxylation sites is 1. The van der Waals surface area contributed by atoms with Crippen molar-refractivity contribution in [3.8, 4) is 0 Å². The minimum Gasteiger partial charge on any atom is -0.322 e. The minimum absolute atomic E-state index is 0.194. The molecule has 3 aromatic rings. The monoisotopic (exact) mass is 303 g/mol. The standard InChI is InChI=1S/C19H17N3O/c1-14-17(19(23)22-16-10-6-3-7-11-16)13-20-18(21-14)12-15-8-4-2-5-9-15/h2-11,13H,12H2,1H3,(H,22,23). The number of nitrogens with zero attached hydrogens (tertiary/aromatic N) is 2. The Morgan fingerprint density at radius 3 is 2.30 bits per heavy atom. The Labute approximate surface area is 135 Å². The molecule has 1 amide bonds. The minimum atomic E-state index is -0.194. The summed E-state index contributed by atoms with van der Waals surface area (Å²) < 4.78 is 0. The molecule has 114 valence electrons. The van der Waals surface area contributed by atoms with Crippen LogP contribution in [0.1, 0.15) is 27.4 Å². The third-order valence-corrected chi connectivity index (χ3v) is 3.51. The molecule has 0 aliphatic carbocycles. The summed E-state index contributed by atoms with van der Waals surface area (Å²) in [6, 6.07) is 19.4. The van der Waals surface area contributed by atoms with Gasteiger partial charge in [0.2, 0.25) is 0 Å². The number of carbonyl (C=O) groups excluding carboxylic acids is 1. The third-order valence-electron chi connectivity index (χ3n) is 3.51. The average Bonchev–Trinajstić information content (AvgIpc) is 2.57. The normalized spacial score (nSPS) is 10.3. The zero-order valence-electron chi connectivity index (χ0n) is 12.9. The van der Waals surface area contributed by atoms with Crippen LogP contribution in [-0.2, 0) is 6.42 Å². The molecule has 0 aliphatic rings. The summed E-state index contributed by atoms with van der Waals surface area (Å²) in [4.78, 5) is 21.1. The van der Waals surface area contributed by atoms with E-state index >= 15 is 0 Å². The fourth-order valence-corrected chi connectivity index (χ4v) is 2.32. The largest absolute Gasteiger partial charge is 0.322 e. The predicted octanol–water partition coefficient (Wildman–Crippen LogP) is 3.63. The van der Waals surface area contributed by atoms with Gasteiger partial charge in [-0.25, -0.2) is 9.97 Å². The molecule has 0 atom stereocenters. The lowest BCUT2D eigenvalue weighted by molar-refractivity contribution is 0.102. The van der Waals surface area contributed by atoms with Crippen LogP contribution < -0.4 is 5.32 Å². The molecule has 2 aromatic carbocycles. The van der Waals surface area contributed by atoms with Crippen molar-refractivity contribution >= 4 is 11.6 Å². The molecule has 4 heteroatoms. The maximum Gasteiger partial charge on any atom is 0.259 e. The number of aromatic nitrogens is 2. The summed E-state index contributed by atoms with van der Waals surface area (Å²) >= 11 is 0. The molecular weight excluding hydrogens is 286 g/mol. The maximum atomic E-state index is 12.3. The van der Waals surface area contributed by atoms with E-state index in [1.54, 1.807) is 6.20 Å². The van der Waals surface area contributed by atoms with Gasteiger partial charge >= 0.3 is 0 Å². The van der Waals surface area contributed by atoms with Gasteiger partial charge in [0, 0.05) is 18.3 Å². The van der Waals surface area contributed by atoms with Gasteiger partial charge in [-0.2, -0.15) is 0 Å². The van der Waals surface area contributed by atoms with Crippen molar-refractivity contribution in [2.24, 2.45) is 0 Å². The number of amides is 1. The van der Waals surface area contributed by atoms with Crippen LogP contribution >= 0.6 is 0 Å². The third kappa shape index (κ3) is 3.80. The van der Waals surface area contributed by atoms with Gasteiger partial charge in [-0.3, -0.25) is 4.79 Å². The number of benzene rings is 2. The second-order valence-electron chi connectivity index (χ2n) is 5.27. The SMILES string of the molecule is Cc1nc(Cc2ccccc2)ncc1C(=O)Nc1ccccc1. The fraction of sp³-hybridized carbons (Fsp3) is 0.105. The first kappa shape index (κ1) is 14.9. The summed E-state index contributed by atoms with van der Waals surface area (Å²) in [5.41, 5.74) is 3.07. The molecule has 1 aromatic heterocycles. The smallest absolute Gasteiger partial charge is 0.259 e.